The second kappa shape index (κ2) is 6.98. The zero-order valence-electron chi connectivity index (χ0n) is 12.8. The van der Waals surface area contributed by atoms with Gasteiger partial charge in [-0.25, -0.2) is 13.4 Å². The Bertz CT molecular complexity index is 784. The molecule has 0 saturated carbocycles. The van der Waals surface area contributed by atoms with E-state index in [1.54, 1.807) is 33.8 Å². The Morgan fingerprint density at radius 2 is 2.00 bits per heavy atom. The van der Waals surface area contributed by atoms with E-state index in [9.17, 15) is 8.42 Å². The first-order valence-corrected chi connectivity index (χ1v) is 10.5. The van der Waals surface area contributed by atoms with Crippen molar-refractivity contribution in [3.63, 3.8) is 0 Å². The van der Waals surface area contributed by atoms with Gasteiger partial charge in [0.1, 0.15) is 0 Å². The second-order valence-corrected chi connectivity index (χ2v) is 9.41. The first kappa shape index (κ1) is 17.0. The van der Waals surface area contributed by atoms with Gasteiger partial charge in [0.05, 0.1) is 15.6 Å². The molecular formula is C15H18BrN3O2S2. The quantitative estimate of drug-likeness (QED) is 0.769. The van der Waals surface area contributed by atoms with Crippen molar-refractivity contribution in [1.82, 2.24) is 14.2 Å². The molecule has 1 fully saturated rings. The smallest absolute Gasteiger partial charge is 0.243 e. The van der Waals surface area contributed by atoms with Crippen LogP contribution in [0.3, 0.4) is 0 Å². The average molecular weight is 416 g/mol. The maximum Gasteiger partial charge on any atom is 0.243 e. The standard InChI is InChI=1S/C15H18BrN3O2S2/c1-12-17-14(11-22-12)10-18-5-7-19(8-6-18)23(20,21)15-4-2-3-13(16)9-15/h2-4,9,11H,5-8,10H2,1H3. The molecule has 0 bridgehead atoms. The van der Waals surface area contributed by atoms with E-state index in [0.29, 0.717) is 18.0 Å². The van der Waals surface area contributed by atoms with E-state index in [4.69, 9.17) is 0 Å². The number of nitrogens with zero attached hydrogens (tertiary/aromatic N) is 3. The van der Waals surface area contributed by atoms with Crippen molar-refractivity contribution in [2.24, 2.45) is 0 Å². The van der Waals surface area contributed by atoms with Crippen LogP contribution in [0.5, 0.6) is 0 Å². The molecule has 1 aromatic heterocycles. The van der Waals surface area contributed by atoms with Crippen LogP contribution in [0.25, 0.3) is 0 Å². The molecule has 3 rings (SSSR count). The van der Waals surface area contributed by atoms with Gasteiger partial charge in [-0.2, -0.15) is 4.31 Å². The van der Waals surface area contributed by atoms with Crippen LogP contribution in [-0.4, -0.2) is 48.8 Å². The third-order valence-electron chi connectivity index (χ3n) is 3.82. The number of sulfonamides is 1. The maximum atomic E-state index is 12.7. The number of benzene rings is 1. The van der Waals surface area contributed by atoms with E-state index in [1.165, 1.54) is 0 Å². The van der Waals surface area contributed by atoms with Gasteiger partial charge in [0.15, 0.2) is 0 Å². The number of aromatic nitrogens is 1. The molecule has 1 aliphatic rings. The average Bonchev–Trinajstić information content (AvgIpc) is 2.93. The summed E-state index contributed by atoms with van der Waals surface area (Å²) >= 11 is 4.98. The van der Waals surface area contributed by atoms with E-state index in [1.807, 2.05) is 13.0 Å². The molecule has 1 aromatic carbocycles. The minimum Gasteiger partial charge on any atom is -0.295 e. The summed E-state index contributed by atoms with van der Waals surface area (Å²) in [5.74, 6) is 0. The van der Waals surface area contributed by atoms with Gasteiger partial charge < -0.3 is 0 Å². The lowest BCUT2D eigenvalue weighted by atomic mass is 10.3. The van der Waals surface area contributed by atoms with Gasteiger partial charge in [0.2, 0.25) is 10.0 Å². The fraction of sp³-hybridized carbons (Fsp3) is 0.400. The van der Waals surface area contributed by atoms with Gasteiger partial charge in [-0.15, -0.1) is 11.3 Å². The molecule has 1 saturated heterocycles. The highest BCUT2D eigenvalue weighted by Crippen LogP contribution is 2.21. The first-order chi connectivity index (χ1) is 10.9. The molecule has 0 atom stereocenters. The van der Waals surface area contributed by atoms with Crippen LogP contribution in [0.2, 0.25) is 0 Å². The molecule has 0 unspecified atom stereocenters. The monoisotopic (exact) mass is 415 g/mol. The van der Waals surface area contributed by atoms with Gasteiger partial charge in [-0.05, 0) is 25.1 Å². The summed E-state index contributed by atoms with van der Waals surface area (Å²) in [7, 11) is -3.41. The minimum atomic E-state index is -3.41. The van der Waals surface area contributed by atoms with Crippen molar-refractivity contribution in [3.05, 3.63) is 44.8 Å². The topological polar surface area (TPSA) is 53.5 Å². The van der Waals surface area contributed by atoms with Crippen molar-refractivity contribution >= 4 is 37.3 Å². The van der Waals surface area contributed by atoms with Crippen molar-refractivity contribution in [1.29, 1.82) is 0 Å². The van der Waals surface area contributed by atoms with Gasteiger partial charge in [-0.3, -0.25) is 4.90 Å². The Balaban J connectivity index is 1.64. The molecule has 0 N–H and O–H groups in total. The van der Waals surface area contributed by atoms with E-state index >= 15 is 0 Å². The predicted molar refractivity (Wildman–Crippen MR) is 95.0 cm³/mol. The van der Waals surface area contributed by atoms with Crippen LogP contribution in [0.1, 0.15) is 10.7 Å². The van der Waals surface area contributed by atoms with Gasteiger partial charge >= 0.3 is 0 Å². The Kier molecular flexibility index (Phi) is 5.17. The molecule has 1 aliphatic heterocycles. The lowest BCUT2D eigenvalue weighted by molar-refractivity contribution is 0.180. The number of hydrogen-bond donors (Lipinski definition) is 0. The Morgan fingerprint density at radius 3 is 2.61 bits per heavy atom. The van der Waals surface area contributed by atoms with Crippen LogP contribution in [0.15, 0.2) is 39.0 Å². The molecule has 124 valence electrons. The molecule has 2 aromatic rings. The van der Waals surface area contributed by atoms with Crippen molar-refractivity contribution in [3.8, 4) is 0 Å². The molecule has 23 heavy (non-hydrogen) atoms. The summed E-state index contributed by atoms with van der Waals surface area (Å²) in [5.41, 5.74) is 1.07. The number of piperazine rings is 1. The van der Waals surface area contributed by atoms with Gasteiger partial charge in [-0.1, -0.05) is 22.0 Å². The Morgan fingerprint density at radius 1 is 1.26 bits per heavy atom. The second-order valence-electron chi connectivity index (χ2n) is 5.50. The summed E-state index contributed by atoms with van der Waals surface area (Å²) in [4.78, 5) is 7.06. The SMILES string of the molecule is Cc1nc(CN2CCN(S(=O)(=O)c3cccc(Br)c3)CC2)cs1. The van der Waals surface area contributed by atoms with E-state index < -0.39 is 10.0 Å². The third-order valence-corrected chi connectivity index (χ3v) is 7.03. The van der Waals surface area contributed by atoms with Crippen LogP contribution < -0.4 is 0 Å². The fourth-order valence-corrected chi connectivity index (χ4v) is 5.24. The zero-order valence-corrected chi connectivity index (χ0v) is 16.0. The molecule has 5 nitrogen and oxygen atoms in total. The lowest BCUT2D eigenvalue weighted by Crippen LogP contribution is -2.48. The Labute approximate surface area is 149 Å². The number of thiazole rings is 1. The molecule has 0 radical (unpaired) electrons. The van der Waals surface area contributed by atoms with Crippen LogP contribution >= 0.6 is 27.3 Å². The predicted octanol–water partition coefficient (Wildman–Crippen LogP) is 2.72. The molecule has 8 heteroatoms. The van der Waals surface area contributed by atoms with Crippen LogP contribution in [0, 0.1) is 6.92 Å². The number of hydrogen-bond acceptors (Lipinski definition) is 5. The molecule has 0 aliphatic carbocycles. The highest BCUT2D eigenvalue weighted by Gasteiger charge is 2.28. The summed E-state index contributed by atoms with van der Waals surface area (Å²) in [6.07, 6.45) is 0. The number of rotatable bonds is 4. The van der Waals surface area contributed by atoms with Crippen LogP contribution in [0.4, 0.5) is 0 Å². The third kappa shape index (κ3) is 4.00. The van der Waals surface area contributed by atoms with Gasteiger partial charge in [0, 0.05) is 42.6 Å². The maximum absolute atomic E-state index is 12.7. The minimum absolute atomic E-state index is 0.343. The molecule has 0 spiro atoms. The normalized spacial score (nSPS) is 17.5. The summed E-state index contributed by atoms with van der Waals surface area (Å²) in [5, 5.41) is 3.14. The summed E-state index contributed by atoms with van der Waals surface area (Å²) in [6.45, 7) is 5.26. The lowest BCUT2D eigenvalue weighted by Gasteiger charge is -2.33. The first-order valence-electron chi connectivity index (χ1n) is 7.34. The highest BCUT2D eigenvalue weighted by atomic mass is 79.9. The summed E-state index contributed by atoms with van der Waals surface area (Å²) < 4.78 is 27.7. The zero-order chi connectivity index (χ0) is 16.4. The van der Waals surface area contributed by atoms with Gasteiger partial charge in [0.25, 0.3) is 0 Å². The number of aryl methyl sites for hydroxylation is 1. The summed E-state index contributed by atoms with van der Waals surface area (Å²) in [6, 6.07) is 6.87. The van der Waals surface area contributed by atoms with Crippen LogP contribution in [-0.2, 0) is 16.6 Å². The Hall–Kier alpha value is -0.800. The molecular weight excluding hydrogens is 398 g/mol. The molecule has 0 amide bonds. The van der Waals surface area contributed by atoms with E-state index in [-0.39, 0.29) is 0 Å². The van der Waals surface area contributed by atoms with Crippen molar-refractivity contribution in [2.75, 3.05) is 26.2 Å². The van der Waals surface area contributed by atoms with Crippen molar-refractivity contribution in [2.45, 2.75) is 18.4 Å². The largest absolute Gasteiger partial charge is 0.295 e. The fourth-order valence-electron chi connectivity index (χ4n) is 2.61. The van der Waals surface area contributed by atoms with Crippen molar-refractivity contribution < 1.29 is 8.42 Å². The van der Waals surface area contributed by atoms with E-state index in [2.05, 4.69) is 31.2 Å². The molecule has 2 heterocycles. The highest BCUT2D eigenvalue weighted by molar-refractivity contribution is 9.10. The van der Waals surface area contributed by atoms with E-state index in [0.717, 1.165) is 34.8 Å². The number of halogens is 1.